The van der Waals surface area contributed by atoms with Crippen molar-refractivity contribution in [1.29, 1.82) is 0 Å². The lowest BCUT2D eigenvalue weighted by molar-refractivity contribution is 0.661. The molecule has 13 rings (SSSR count). The molecule has 0 spiro atoms. The number of rotatable bonds is 6. The number of nitrogens with zero attached hydrogens (tertiary/aromatic N) is 2. The lowest BCUT2D eigenvalue weighted by atomic mass is 9.67. The van der Waals surface area contributed by atoms with Crippen LogP contribution in [0.25, 0.3) is 87.5 Å². The molecule has 11 aromatic rings. The molecule has 2 heterocycles. The highest BCUT2D eigenvalue weighted by Crippen LogP contribution is 2.57. The standard InChI is InChI=1S/C62H42N2S/c1-61(2)52-25-12-9-21-46(52)50-23-15-24-51(59(50)61)60-63-55(40-30-28-39(29-31-40)41-32-35-49-48-22-11-14-27-57(48)65-58(49)37-41)38-56(64-60)42-33-34-47-45-20-10-13-26-53(45)62(54(47)36-42,43-16-5-3-6-17-43)44-18-7-4-8-19-44/h3-38H,1-2H3. The Bertz CT molecular complexity index is 3640. The van der Waals surface area contributed by atoms with Crippen molar-refractivity contribution < 1.29 is 0 Å². The minimum atomic E-state index is -0.520. The average Bonchev–Trinajstić information content (AvgIpc) is 3.97. The Morgan fingerprint density at radius 2 is 0.892 bits per heavy atom. The van der Waals surface area contributed by atoms with E-state index in [0.717, 1.165) is 33.9 Å². The fourth-order valence-corrected chi connectivity index (χ4v) is 12.4. The summed E-state index contributed by atoms with van der Waals surface area (Å²) in [6.45, 7) is 4.68. The molecule has 0 amide bonds. The van der Waals surface area contributed by atoms with Crippen LogP contribution in [0.1, 0.15) is 47.2 Å². The van der Waals surface area contributed by atoms with Crippen molar-refractivity contribution >= 4 is 31.5 Å². The van der Waals surface area contributed by atoms with Crippen molar-refractivity contribution in [2.45, 2.75) is 24.7 Å². The van der Waals surface area contributed by atoms with Gasteiger partial charge in [0.05, 0.1) is 16.8 Å². The quantitative estimate of drug-likeness (QED) is 0.167. The van der Waals surface area contributed by atoms with Gasteiger partial charge in [0.25, 0.3) is 0 Å². The van der Waals surface area contributed by atoms with Crippen molar-refractivity contribution in [3.8, 4) is 67.3 Å². The van der Waals surface area contributed by atoms with Crippen molar-refractivity contribution in [1.82, 2.24) is 9.97 Å². The zero-order chi connectivity index (χ0) is 43.3. The summed E-state index contributed by atoms with van der Waals surface area (Å²) in [5.74, 6) is 0.732. The van der Waals surface area contributed by atoms with Crippen LogP contribution in [0.3, 0.4) is 0 Å². The van der Waals surface area contributed by atoms with E-state index in [4.69, 9.17) is 9.97 Å². The minimum Gasteiger partial charge on any atom is -0.228 e. The fraction of sp³-hybridized carbons (Fsp3) is 0.0645. The number of thiophene rings is 1. The van der Waals surface area contributed by atoms with Gasteiger partial charge in [-0.05, 0) is 91.0 Å². The summed E-state index contributed by atoms with van der Waals surface area (Å²) in [4.78, 5) is 11.1. The van der Waals surface area contributed by atoms with E-state index < -0.39 is 5.41 Å². The third kappa shape index (κ3) is 5.65. The summed E-state index contributed by atoms with van der Waals surface area (Å²) >= 11 is 1.86. The largest absolute Gasteiger partial charge is 0.228 e. The van der Waals surface area contributed by atoms with Gasteiger partial charge in [-0.15, -0.1) is 11.3 Å². The smallest absolute Gasteiger partial charge is 0.160 e. The van der Waals surface area contributed by atoms with Gasteiger partial charge in [-0.2, -0.15) is 0 Å². The second-order valence-corrected chi connectivity index (χ2v) is 19.1. The highest BCUT2D eigenvalue weighted by Gasteiger charge is 2.46. The third-order valence-electron chi connectivity index (χ3n) is 14.2. The number of aromatic nitrogens is 2. The zero-order valence-corrected chi connectivity index (χ0v) is 36.9. The maximum absolute atomic E-state index is 5.58. The van der Waals surface area contributed by atoms with Gasteiger partial charge in [0.2, 0.25) is 0 Å². The van der Waals surface area contributed by atoms with E-state index in [1.807, 2.05) is 11.3 Å². The first kappa shape index (κ1) is 37.8. The molecular weight excluding hydrogens is 805 g/mol. The normalized spacial score (nSPS) is 13.9. The number of hydrogen-bond acceptors (Lipinski definition) is 3. The van der Waals surface area contributed by atoms with E-state index in [9.17, 15) is 0 Å². The molecule has 2 aliphatic rings. The predicted octanol–water partition coefficient (Wildman–Crippen LogP) is 16.2. The average molecular weight is 847 g/mol. The number of hydrogen-bond donors (Lipinski definition) is 0. The Hall–Kier alpha value is -7.72. The van der Waals surface area contributed by atoms with E-state index in [1.165, 1.54) is 86.9 Å². The van der Waals surface area contributed by atoms with Gasteiger partial charge >= 0.3 is 0 Å². The molecule has 306 valence electrons. The van der Waals surface area contributed by atoms with Crippen LogP contribution in [-0.2, 0) is 10.8 Å². The molecule has 9 aromatic carbocycles. The predicted molar refractivity (Wildman–Crippen MR) is 272 cm³/mol. The van der Waals surface area contributed by atoms with Crippen molar-refractivity contribution in [2.24, 2.45) is 0 Å². The first-order valence-corrected chi connectivity index (χ1v) is 23.3. The summed E-state index contributed by atoms with van der Waals surface area (Å²) in [5, 5.41) is 2.63. The SMILES string of the molecule is CC1(C)c2ccccc2-c2cccc(-c3nc(-c4ccc(-c5ccc6c(c5)sc5ccccc56)cc4)cc(-c4ccc5c(c4)C(c4ccccc4)(c4ccccc4)c4ccccc4-5)n3)c21. The fourth-order valence-electron chi connectivity index (χ4n) is 11.2. The molecule has 0 bridgehead atoms. The first-order chi connectivity index (χ1) is 32.0. The zero-order valence-electron chi connectivity index (χ0n) is 36.1. The molecule has 0 unspecified atom stereocenters. The Balaban J connectivity index is 1.00. The van der Waals surface area contributed by atoms with E-state index in [0.29, 0.717) is 0 Å². The second-order valence-electron chi connectivity index (χ2n) is 18.0. The molecule has 0 radical (unpaired) electrons. The topological polar surface area (TPSA) is 25.8 Å². The summed E-state index contributed by atoms with van der Waals surface area (Å²) in [7, 11) is 0. The third-order valence-corrected chi connectivity index (χ3v) is 15.3. The van der Waals surface area contributed by atoms with Crippen LogP contribution in [0.15, 0.2) is 218 Å². The van der Waals surface area contributed by atoms with Crippen LogP contribution in [0.2, 0.25) is 0 Å². The maximum Gasteiger partial charge on any atom is 0.160 e. The molecule has 0 aliphatic heterocycles. The van der Waals surface area contributed by atoms with Gasteiger partial charge in [-0.3, -0.25) is 0 Å². The van der Waals surface area contributed by atoms with Gasteiger partial charge in [0, 0.05) is 42.3 Å². The van der Waals surface area contributed by atoms with Crippen LogP contribution in [-0.4, -0.2) is 9.97 Å². The van der Waals surface area contributed by atoms with Gasteiger partial charge in [0.15, 0.2) is 5.82 Å². The molecule has 65 heavy (non-hydrogen) atoms. The summed E-state index contributed by atoms with van der Waals surface area (Å²) in [6, 6.07) is 80.1. The summed E-state index contributed by atoms with van der Waals surface area (Å²) in [5.41, 5.74) is 19.3. The summed E-state index contributed by atoms with van der Waals surface area (Å²) in [6.07, 6.45) is 0. The molecule has 0 atom stereocenters. The minimum absolute atomic E-state index is 0.233. The molecule has 2 aliphatic carbocycles. The lowest BCUT2D eigenvalue weighted by Gasteiger charge is -2.34. The van der Waals surface area contributed by atoms with Gasteiger partial charge < -0.3 is 0 Å². The van der Waals surface area contributed by atoms with Crippen LogP contribution in [0.4, 0.5) is 0 Å². The Morgan fingerprint density at radius 3 is 1.65 bits per heavy atom. The highest BCUT2D eigenvalue weighted by molar-refractivity contribution is 7.25. The summed E-state index contributed by atoms with van der Waals surface area (Å²) < 4.78 is 2.62. The van der Waals surface area contributed by atoms with Crippen LogP contribution in [0.5, 0.6) is 0 Å². The molecule has 2 aromatic heterocycles. The van der Waals surface area contributed by atoms with Gasteiger partial charge in [-0.1, -0.05) is 208 Å². The Labute approximate surface area is 383 Å². The van der Waals surface area contributed by atoms with E-state index in [1.54, 1.807) is 0 Å². The van der Waals surface area contributed by atoms with Gasteiger partial charge in [0.1, 0.15) is 0 Å². The van der Waals surface area contributed by atoms with Crippen molar-refractivity contribution in [3.63, 3.8) is 0 Å². The molecular formula is C62H42N2S. The van der Waals surface area contributed by atoms with E-state index in [-0.39, 0.29) is 5.41 Å². The maximum atomic E-state index is 5.58. The van der Waals surface area contributed by atoms with Crippen molar-refractivity contribution in [2.75, 3.05) is 0 Å². The molecule has 0 N–H and O–H groups in total. The Morgan fingerprint density at radius 1 is 0.354 bits per heavy atom. The van der Waals surface area contributed by atoms with Crippen molar-refractivity contribution in [3.05, 3.63) is 252 Å². The molecule has 2 nitrogen and oxygen atoms in total. The lowest BCUT2D eigenvalue weighted by Crippen LogP contribution is -2.28. The monoisotopic (exact) mass is 846 g/mol. The van der Waals surface area contributed by atoms with Gasteiger partial charge in [-0.25, -0.2) is 9.97 Å². The molecule has 0 saturated heterocycles. The number of fused-ring (bicyclic) bond motifs is 9. The molecule has 0 saturated carbocycles. The molecule has 0 fully saturated rings. The van der Waals surface area contributed by atoms with Crippen LogP contribution in [0, 0.1) is 0 Å². The molecule has 3 heteroatoms. The van der Waals surface area contributed by atoms with Crippen LogP contribution < -0.4 is 0 Å². The Kier molecular flexibility index (Phi) is 8.38. The second kappa shape index (κ2) is 14.4. The van der Waals surface area contributed by atoms with E-state index >= 15 is 0 Å². The number of benzene rings is 9. The van der Waals surface area contributed by atoms with Crippen LogP contribution >= 0.6 is 11.3 Å². The first-order valence-electron chi connectivity index (χ1n) is 22.5. The highest BCUT2D eigenvalue weighted by atomic mass is 32.1. The van der Waals surface area contributed by atoms with E-state index in [2.05, 4.69) is 232 Å².